The standard InChI is InChI=1S/C10H16N4S/c1-3-4-5-6-14(2)10-8(7-11)9(12)13-15-10/h3-6H2,1-2H3,(H2,12,13). The number of nitrogen functional groups attached to an aromatic ring is 1. The number of nitrogens with two attached hydrogens (primary N) is 1. The molecule has 1 aromatic rings. The summed E-state index contributed by atoms with van der Waals surface area (Å²) < 4.78 is 3.99. The normalized spacial score (nSPS) is 9.93. The monoisotopic (exact) mass is 224 g/mol. The van der Waals surface area contributed by atoms with Crippen molar-refractivity contribution in [1.82, 2.24) is 4.37 Å². The first kappa shape index (κ1) is 11.8. The maximum Gasteiger partial charge on any atom is 0.157 e. The van der Waals surface area contributed by atoms with Crippen molar-refractivity contribution in [3.63, 3.8) is 0 Å². The van der Waals surface area contributed by atoms with Crippen molar-refractivity contribution in [1.29, 1.82) is 5.26 Å². The average Bonchev–Trinajstić information content (AvgIpc) is 2.59. The molecule has 1 rings (SSSR count). The Balaban J connectivity index is 2.65. The summed E-state index contributed by atoms with van der Waals surface area (Å²) >= 11 is 1.30. The van der Waals surface area contributed by atoms with Gasteiger partial charge < -0.3 is 10.6 Å². The Morgan fingerprint density at radius 1 is 1.53 bits per heavy atom. The van der Waals surface area contributed by atoms with E-state index in [1.54, 1.807) is 0 Å². The number of aromatic nitrogens is 1. The number of nitriles is 1. The van der Waals surface area contributed by atoms with Crippen LogP contribution >= 0.6 is 11.5 Å². The topological polar surface area (TPSA) is 65.9 Å². The number of hydrogen-bond acceptors (Lipinski definition) is 5. The summed E-state index contributed by atoms with van der Waals surface area (Å²) in [5, 5.41) is 9.80. The van der Waals surface area contributed by atoms with Gasteiger partial charge in [0.25, 0.3) is 0 Å². The zero-order valence-corrected chi connectivity index (χ0v) is 9.97. The zero-order valence-electron chi connectivity index (χ0n) is 9.16. The molecular weight excluding hydrogens is 208 g/mol. The van der Waals surface area contributed by atoms with Crippen molar-refractivity contribution in [3.05, 3.63) is 5.56 Å². The minimum absolute atomic E-state index is 0.347. The summed E-state index contributed by atoms with van der Waals surface area (Å²) in [4.78, 5) is 2.06. The molecule has 0 bridgehead atoms. The molecule has 0 atom stereocenters. The molecule has 0 spiro atoms. The van der Waals surface area contributed by atoms with E-state index in [9.17, 15) is 0 Å². The van der Waals surface area contributed by atoms with Crippen molar-refractivity contribution in [3.8, 4) is 6.07 Å². The van der Waals surface area contributed by atoms with Crippen molar-refractivity contribution < 1.29 is 0 Å². The van der Waals surface area contributed by atoms with Gasteiger partial charge in [-0.3, -0.25) is 0 Å². The van der Waals surface area contributed by atoms with Crippen LogP contribution in [-0.4, -0.2) is 18.0 Å². The van der Waals surface area contributed by atoms with Crippen molar-refractivity contribution >= 4 is 22.4 Å². The van der Waals surface area contributed by atoms with Crippen LogP contribution in [0, 0.1) is 11.3 Å². The highest BCUT2D eigenvalue weighted by atomic mass is 32.1. The molecular formula is C10H16N4S. The van der Waals surface area contributed by atoms with Crippen LogP contribution in [0.4, 0.5) is 10.8 Å². The Labute approximate surface area is 94.5 Å². The fourth-order valence-corrected chi connectivity index (χ4v) is 2.11. The highest BCUT2D eigenvalue weighted by Gasteiger charge is 2.14. The smallest absolute Gasteiger partial charge is 0.157 e. The van der Waals surface area contributed by atoms with Crippen LogP contribution in [0.15, 0.2) is 0 Å². The molecule has 2 N–H and O–H groups in total. The second-order valence-corrected chi connectivity index (χ2v) is 4.24. The van der Waals surface area contributed by atoms with Crippen molar-refractivity contribution in [2.75, 3.05) is 24.2 Å². The van der Waals surface area contributed by atoms with E-state index in [4.69, 9.17) is 11.0 Å². The van der Waals surface area contributed by atoms with Gasteiger partial charge in [-0.05, 0) is 18.0 Å². The molecule has 82 valence electrons. The lowest BCUT2D eigenvalue weighted by atomic mass is 10.2. The van der Waals surface area contributed by atoms with Crippen LogP contribution in [-0.2, 0) is 0 Å². The summed E-state index contributed by atoms with van der Waals surface area (Å²) in [5.41, 5.74) is 6.11. The van der Waals surface area contributed by atoms with E-state index < -0.39 is 0 Å². The molecule has 4 nitrogen and oxygen atoms in total. The molecule has 0 unspecified atom stereocenters. The molecule has 0 saturated heterocycles. The first-order chi connectivity index (χ1) is 7.20. The predicted octanol–water partition coefficient (Wildman–Crippen LogP) is 2.22. The molecule has 0 aliphatic rings. The number of unbranched alkanes of at least 4 members (excludes halogenated alkanes) is 2. The van der Waals surface area contributed by atoms with Gasteiger partial charge >= 0.3 is 0 Å². The van der Waals surface area contributed by atoms with Crippen molar-refractivity contribution in [2.24, 2.45) is 0 Å². The lowest BCUT2D eigenvalue weighted by Crippen LogP contribution is -2.18. The van der Waals surface area contributed by atoms with Gasteiger partial charge in [0.1, 0.15) is 16.6 Å². The molecule has 0 fully saturated rings. The van der Waals surface area contributed by atoms with Crippen LogP contribution in [0.5, 0.6) is 0 Å². The van der Waals surface area contributed by atoms with Gasteiger partial charge in [0.05, 0.1) is 0 Å². The van der Waals surface area contributed by atoms with Crippen LogP contribution in [0.2, 0.25) is 0 Å². The van der Waals surface area contributed by atoms with Gasteiger partial charge in [-0.1, -0.05) is 19.8 Å². The van der Waals surface area contributed by atoms with Gasteiger partial charge in [0.15, 0.2) is 5.82 Å². The maximum absolute atomic E-state index is 8.92. The molecule has 0 radical (unpaired) electrons. The number of rotatable bonds is 5. The molecule has 5 heteroatoms. The first-order valence-electron chi connectivity index (χ1n) is 5.07. The third-order valence-electron chi connectivity index (χ3n) is 2.26. The van der Waals surface area contributed by atoms with E-state index >= 15 is 0 Å². The lowest BCUT2D eigenvalue weighted by Gasteiger charge is -2.16. The van der Waals surface area contributed by atoms with E-state index in [1.165, 1.54) is 24.4 Å². The minimum Gasteiger partial charge on any atom is -0.382 e. The predicted molar refractivity (Wildman–Crippen MR) is 64.0 cm³/mol. The third-order valence-corrected chi connectivity index (χ3v) is 3.23. The first-order valence-corrected chi connectivity index (χ1v) is 5.84. The molecule has 0 amide bonds. The zero-order chi connectivity index (χ0) is 11.3. The Hall–Kier alpha value is -1.28. The van der Waals surface area contributed by atoms with Gasteiger partial charge in [-0.25, -0.2) is 0 Å². The average molecular weight is 224 g/mol. The van der Waals surface area contributed by atoms with Gasteiger partial charge in [0, 0.05) is 13.6 Å². The summed E-state index contributed by atoms with van der Waals surface area (Å²) in [6, 6.07) is 2.10. The summed E-state index contributed by atoms with van der Waals surface area (Å²) in [5.74, 6) is 0.347. The maximum atomic E-state index is 8.92. The van der Waals surface area contributed by atoms with Gasteiger partial charge in [0.2, 0.25) is 0 Å². The molecule has 1 aromatic heterocycles. The van der Waals surface area contributed by atoms with Gasteiger partial charge in [-0.2, -0.15) is 9.64 Å². The van der Waals surface area contributed by atoms with Crippen LogP contribution in [0.1, 0.15) is 31.7 Å². The SMILES string of the molecule is CCCCCN(C)c1snc(N)c1C#N. The summed E-state index contributed by atoms with van der Waals surface area (Å²) in [6.45, 7) is 3.12. The van der Waals surface area contributed by atoms with Crippen molar-refractivity contribution in [2.45, 2.75) is 26.2 Å². The second-order valence-electron chi connectivity index (χ2n) is 3.49. The largest absolute Gasteiger partial charge is 0.382 e. The quantitative estimate of drug-likeness (QED) is 0.779. The summed E-state index contributed by atoms with van der Waals surface area (Å²) in [7, 11) is 1.98. The molecule has 15 heavy (non-hydrogen) atoms. The Morgan fingerprint density at radius 2 is 2.27 bits per heavy atom. The molecule has 1 heterocycles. The fourth-order valence-electron chi connectivity index (χ4n) is 1.36. The Bertz CT molecular complexity index is 353. The van der Waals surface area contributed by atoms with E-state index in [0.717, 1.165) is 18.0 Å². The van der Waals surface area contributed by atoms with E-state index in [0.29, 0.717) is 11.4 Å². The van der Waals surface area contributed by atoms with E-state index in [1.807, 2.05) is 7.05 Å². The minimum atomic E-state index is 0.347. The second kappa shape index (κ2) is 5.56. The highest BCUT2D eigenvalue weighted by molar-refractivity contribution is 7.10. The molecule has 0 aliphatic carbocycles. The van der Waals surface area contributed by atoms with Crippen LogP contribution in [0.25, 0.3) is 0 Å². The lowest BCUT2D eigenvalue weighted by molar-refractivity contribution is 0.707. The third kappa shape index (κ3) is 2.83. The molecule has 0 saturated carbocycles. The van der Waals surface area contributed by atoms with Gasteiger partial charge in [-0.15, -0.1) is 0 Å². The van der Waals surface area contributed by atoms with Crippen LogP contribution in [0.3, 0.4) is 0 Å². The molecule has 0 aromatic carbocycles. The van der Waals surface area contributed by atoms with E-state index in [2.05, 4.69) is 22.3 Å². The van der Waals surface area contributed by atoms with Crippen LogP contribution < -0.4 is 10.6 Å². The number of anilines is 2. The fraction of sp³-hybridized carbons (Fsp3) is 0.600. The summed E-state index contributed by atoms with van der Waals surface area (Å²) in [6.07, 6.45) is 3.54. The Morgan fingerprint density at radius 3 is 2.87 bits per heavy atom. The number of hydrogen-bond donors (Lipinski definition) is 1. The number of nitrogens with zero attached hydrogens (tertiary/aromatic N) is 3. The Kier molecular flexibility index (Phi) is 4.37. The van der Waals surface area contributed by atoms with E-state index in [-0.39, 0.29) is 0 Å². The highest BCUT2D eigenvalue weighted by Crippen LogP contribution is 2.28. The molecule has 0 aliphatic heterocycles.